The van der Waals surface area contributed by atoms with Gasteiger partial charge in [0.05, 0.1) is 11.3 Å². The Balaban J connectivity index is 0.00000867. The zero-order valence-electron chi connectivity index (χ0n) is 29.2. The van der Waals surface area contributed by atoms with Crippen LogP contribution in [-0.4, -0.2) is 73.1 Å². The van der Waals surface area contributed by atoms with E-state index in [9.17, 15) is 19.2 Å². The first-order valence-corrected chi connectivity index (χ1v) is 16.6. The summed E-state index contributed by atoms with van der Waals surface area (Å²) >= 11 is 0. The highest BCUT2D eigenvalue weighted by Gasteiger charge is 2.25. The maximum atomic E-state index is 13.3. The summed E-state index contributed by atoms with van der Waals surface area (Å²) in [5.74, 6) is -0.262. The van der Waals surface area contributed by atoms with Gasteiger partial charge in [0.2, 0.25) is 5.91 Å². The molecule has 5 N–H and O–H groups in total. The minimum Gasteiger partial charge on any atom is -0.484 e. The number of amides is 4. The molecule has 0 aliphatic carbocycles. The minimum absolute atomic E-state index is 0. The summed E-state index contributed by atoms with van der Waals surface area (Å²) in [4.78, 5) is 57.0. The molecule has 1 heterocycles. The lowest BCUT2D eigenvalue weighted by atomic mass is 9.87. The monoisotopic (exact) mass is 687 g/mol. The Morgan fingerprint density at radius 3 is 2.12 bits per heavy atom. The van der Waals surface area contributed by atoms with Crippen LogP contribution in [-0.2, 0) is 9.59 Å². The SMILES string of the molecule is C.CCCC(C)(C)C(=O)NCCCCCCNC(=O)COc1ccc(NC(=O)c2ccc(C(=N)N(C)C)cc2)c(C(=O)Nc2ccccn2)c1. The Morgan fingerprint density at radius 2 is 1.50 bits per heavy atom. The summed E-state index contributed by atoms with van der Waals surface area (Å²) in [6.07, 6.45) is 6.92. The second kappa shape index (κ2) is 20.3. The number of nitrogens with zero attached hydrogens (tertiary/aromatic N) is 2. The van der Waals surface area contributed by atoms with Gasteiger partial charge in [-0.2, -0.15) is 0 Å². The van der Waals surface area contributed by atoms with Gasteiger partial charge in [0.15, 0.2) is 6.61 Å². The Hall–Kier alpha value is -5.26. The lowest BCUT2D eigenvalue weighted by molar-refractivity contribution is -0.129. The van der Waals surface area contributed by atoms with Crippen LogP contribution in [0, 0.1) is 10.8 Å². The number of carbonyl (C=O) groups is 4. The summed E-state index contributed by atoms with van der Waals surface area (Å²) in [5.41, 5.74) is 1.02. The molecule has 0 saturated heterocycles. The van der Waals surface area contributed by atoms with Crippen molar-refractivity contribution < 1.29 is 23.9 Å². The van der Waals surface area contributed by atoms with Crippen LogP contribution in [0.2, 0.25) is 0 Å². The van der Waals surface area contributed by atoms with E-state index in [1.807, 2.05) is 13.8 Å². The number of ether oxygens (including phenoxy) is 1. The van der Waals surface area contributed by atoms with Crippen LogP contribution in [0.5, 0.6) is 5.75 Å². The lowest BCUT2D eigenvalue weighted by Crippen LogP contribution is -2.37. The summed E-state index contributed by atoms with van der Waals surface area (Å²) in [6.45, 7) is 6.91. The number of aromatic nitrogens is 1. The standard InChI is InChI=1S/C37H49N7O5.CH4/c1-6-20-37(2,3)36(48)41-23-11-8-7-10-22-40-32(45)25-49-28-18-19-30(29(24-28)35(47)43-31-13-9-12-21-39-31)42-34(46)27-16-14-26(15-17-27)33(38)44(4)5;/h9,12-19,21,24,38H,6-8,10-11,20,22-23,25H2,1-5H3,(H,40,45)(H,41,48)(H,42,46)(H,39,43,47);1H4. The average molecular weight is 688 g/mol. The first-order chi connectivity index (χ1) is 23.4. The van der Waals surface area contributed by atoms with E-state index in [0.717, 1.165) is 38.5 Å². The zero-order valence-corrected chi connectivity index (χ0v) is 29.2. The highest BCUT2D eigenvalue weighted by atomic mass is 16.5. The van der Waals surface area contributed by atoms with Crippen molar-refractivity contribution in [2.75, 3.05) is 44.4 Å². The van der Waals surface area contributed by atoms with Crippen molar-refractivity contribution in [3.8, 4) is 5.75 Å². The molecule has 3 aromatic rings. The van der Waals surface area contributed by atoms with Crippen molar-refractivity contribution >= 4 is 41.0 Å². The number of hydrogen-bond acceptors (Lipinski definition) is 7. The van der Waals surface area contributed by atoms with E-state index >= 15 is 0 Å². The second-order valence-corrected chi connectivity index (χ2v) is 12.6. The molecule has 0 unspecified atom stereocenters. The highest BCUT2D eigenvalue weighted by Crippen LogP contribution is 2.25. The molecule has 3 rings (SSSR count). The van der Waals surface area contributed by atoms with Crippen LogP contribution in [0.1, 0.15) is 93.0 Å². The van der Waals surface area contributed by atoms with Gasteiger partial charge in [0, 0.05) is 49.9 Å². The fourth-order valence-corrected chi connectivity index (χ4v) is 4.97. The summed E-state index contributed by atoms with van der Waals surface area (Å²) in [6, 6.07) is 16.3. The molecule has 0 aliphatic heterocycles. The summed E-state index contributed by atoms with van der Waals surface area (Å²) in [7, 11) is 3.54. The number of rotatable bonds is 18. The molecule has 0 fully saturated rings. The number of nitrogens with one attached hydrogen (secondary N) is 5. The minimum atomic E-state index is -0.525. The molecule has 0 saturated carbocycles. The molecule has 0 bridgehead atoms. The number of pyridine rings is 1. The van der Waals surface area contributed by atoms with Gasteiger partial charge in [-0.05, 0) is 61.7 Å². The summed E-state index contributed by atoms with van der Waals surface area (Å²) in [5, 5.41) is 19.5. The molecular weight excluding hydrogens is 634 g/mol. The van der Waals surface area contributed by atoms with Crippen LogP contribution in [0.4, 0.5) is 11.5 Å². The molecule has 50 heavy (non-hydrogen) atoms. The van der Waals surface area contributed by atoms with Gasteiger partial charge in [0.25, 0.3) is 17.7 Å². The smallest absolute Gasteiger partial charge is 0.259 e. The number of carbonyl (C=O) groups excluding carboxylic acids is 4. The maximum Gasteiger partial charge on any atom is 0.259 e. The van der Waals surface area contributed by atoms with Crippen LogP contribution >= 0.6 is 0 Å². The van der Waals surface area contributed by atoms with E-state index in [0.29, 0.717) is 35.9 Å². The number of benzene rings is 2. The Bertz CT molecular complexity index is 1570. The van der Waals surface area contributed by atoms with Crippen molar-refractivity contribution in [2.45, 2.75) is 66.7 Å². The van der Waals surface area contributed by atoms with E-state index in [1.54, 1.807) is 79.8 Å². The molecule has 270 valence electrons. The number of amidine groups is 1. The molecule has 12 heteroatoms. The maximum absolute atomic E-state index is 13.3. The lowest BCUT2D eigenvalue weighted by Gasteiger charge is -2.22. The molecule has 0 atom stereocenters. The molecule has 12 nitrogen and oxygen atoms in total. The number of hydrogen-bond donors (Lipinski definition) is 5. The van der Waals surface area contributed by atoms with Crippen LogP contribution in [0.25, 0.3) is 0 Å². The van der Waals surface area contributed by atoms with Crippen molar-refractivity contribution in [1.29, 1.82) is 5.41 Å². The summed E-state index contributed by atoms with van der Waals surface area (Å²) < 4.78 is 5.70. The molecule has 1 aromatic heterocycles. The third-order valence-electron chi connectivity index (χ3n) is 7.83. The molecule has 4 amide bonds. The first-order valence-electron chi connectivity index (χ1n) is 16.6. The fourth-order valence-electron chi connectivity index (χ4n) is 4.97. The predicted molar refractivity (Wildman–Crippen MR) is 199 cm³/mol. The van der Waals surface area contributed by atoms with Crippen molar-refractivity contribution in [3.63, 3.8) is 0 Å². The normalized spacial score (nSPS) is 10.7. The van der Waals surface area contributed by atoms with Gasteiger partial charge in [-0.15, -0.1) is 0 Å². The van der Waals surface area contributed by atoms with E-state index < -0.39 is 11.8 Å². The van der Waals surface area contributed by atoms with Gasteiger partial charge in [-0.3, -0.25) is 24.6 Å². The van der Waals surface area contributed by atoms with Crippen molar-refractivity contribution in [2.24, 2.45) is 5.41 Å². The molecule has 0 spiro atoms. The molecule has 0 aliphatic rings. The third-order valence-corrected chi connectivity index (χ3v) is 7.83. The topological polar surface area (TPSA) is 166 Å². The van der Waals surface area contributed by atoms with Crippen LogP contribution in [0.3, 0.4) is 0 Å². The Labute approximate surface area is 296 Å². The van der Waals surface area contributed by atoms with E-state index in [2.05, 4.69) is 33.2 Å². The number of anilines is 2. The molecule has 2 aromatic carbocycles. The quantitative estimate of drug-likeness (QED) is 0.0612. The Kier molecular flexibility index (Phi) is 16.6. The number of unbranched alkanes of at least 4 members (excludes halogenated alkanes) is 3. The first kappa shape index (κ1) is 40.9. The van der Waals surface area contributed by atoms with Crippen molar-refractivity contribution in [1.82, 2.24) is 20.5 Å². The van der Waals surface area contributed by atoms with Gasteiger partial charge >= 0.3 is 0 Å². The second-order valence-electron chi connectivity index (χ2n) is 12.6. The van der Waals surface area contributed by atoms with Gasteiger partial charge in [-0.25, -0.2) is 4.98 Å². The molecule has 0 radical (unpaired) electrons. The van der Waals surface area contributed by atoms with E-state index in [1.165, 1.54) is 6.07 Å². The van der Waals surface area contributed by atoms with Crippen molar-refractivity contribution in [3.05, 3.63) is 83.6 Å². The van der Waals surface area contributed by atoms with Crippen LogP contribution < -0.4 is 26.0 Å². The van der Waals surface area contributed by atoms with Gasteiger partial charge in [-0.1, -0.05) is 65.7 Å². The van der Waals surface area contributed by atoms with Crippen LogP contribution in [0.15, 0.2) is 66.9 Å². The Morgan fingerprint density at radius 1 is 0.840 bits per heavy atom. The predicted octanol–water partition coefficient (Wildman–Crippen LogP) is 6.11. The largest absolute Gasteiger partial charge is 0.484 e. The average Bonchev–Trinajstić information content (AvgIpc) is 3.08. The fraction of sp³-hybridized carbons (Fsp3) is 0.421. The van der Waals surface area contributed by atoms with Gasteiger partial charge < -0.3 is 30.9 Å². The highest BCUT2D eigenvalue weighted by molar-refractivity contribution is 6.12. The van der Waals surface area contributed by atoms with Gasteiger partial charge in [0.1, 0.15) is 17.4 Å². The third kappa shape index (κ3) is 13.0. The zero-order chi connectivity index (χ0) is 35.8. The van der Waals surface area contributed by atoms with E-state index in [4.69, 9.17) is 10.1 Å². The molecular formula is C38H53N7O5. The van der Waals surface area contributed by atoms with E-state index in [-0.39, 0.29) is 48.3 Å².